The van der Waals surface area contributed by atoms with Gasteiger partial charge in [0.25, 0.3) is 0 Å². The van der Waals surface area contributed by atoms with Crippen LogP contribution in [-0.2, 0) is 14.6 Å². The molecule has 0 fully saturated rings. The van der Waals surface area contributed by atoms with Crippen molar-refractivity contribution < 1.29 is 18.3 Å². The Balaban J connectivity index is 4.16. The summed E-state index contributed by atoms with van der Waals surface area (Å²) in [6.07, 6.45) is 1.33. The zero-order valence-corrected chi connectivity index (χ0v) is 12.4. The van der Waals surface area contributed by atoms with Gasteiger partial charge in [0.2, 0.25) is 0 Å². The molecule has 5 nitrogen and oxygen atoms in total. The van der Waals surface area contributed by atoms with Crippen LogP contribution in [0.25, 0.3) is 0 Å². The van der Waals surface area contributed by atoms with Gasteiger partial charge in [-0.25, -0.2) is 8.42 Å². The van der Waals surface area contributed by atoms with Gasteiger partial charge in [0.05, 0.1) is 5.75 Å². The number of rotatable bonds is 10. The summed E-state index contributed by atoms with van der Waals surface area (Å²) in [4.78, 5) is 12.5. The maximum Gasteiger partial charge on any atom is 0.303 e. The average molecular weight is 279 g/mol. The fraction of sp³-hybridized carbons (Fsp3) is 0.917. The van der Waals surface area contributed by atoms with Crippen LogP contribution in [0.1, 0.15) is 40.0 Å². The Labute approximate surface area is 110 Å². The van der Waals surface area contributed by atoms with E-state index >= 15 is 0 Å². The molecule has 0 unspecified atom stereocenters. The molecule has 0 heterocycles. The summed E-state index contributed by atoms with van der Waals surface area (Å²) in [5.74, 6) is -0.419. The summed E-state index contributed by atoms with van der Waals surface area (Å²) in [6.45, 7) is 6.95. The molecule has 0 bridgehead atoms. The van der Waals surface area contributed by atoms with Gasteiger partial charge in [-0.15, -0.1) is 0 Å². The zero-order valence-electron chi connectivity index (χ0n) is 11.6. The molecule has 18 heavy (non-hydrogen) atoms. The lowest BCUT2D eigenvalue weighted by atomic mass is 10.2. The van der Waals surface area contributed by atoms with E-state index in [0.29, 0.717) is 25.9 Å². The van der Waals surface area contributed by atoms with Gasteiger partial charge in [-0.2, -0.15) is 0 Å². The van der Waals surface area contributed by atoms with Crippen LogP contribution < -0.4 is 0 Å². The van der Waals surface area contributed by atoms with Crippen molar-refractivity contribution in [3.8, 4) is 0 Å². The van der Waals surface area contributed by atoms with Gasteiger partial charge in [-0.1, -0.05) is 6.92 Å². The van der Waals surface area contributed by atoms with Gasteiger partial charge < -0.3 is 5.11 Å². The first-order valence-electron chi connectivity index (χ1n) is 6.44. The molecule has 6 heteroatoms. The van der Waals surface area contributed by atoms with E-state index in [-0.39, 0.29) is 24.0 Å². The summed E-state index contributed by atoms with van der Waals surface area (Å²) < 4.78 is 23.2. The van der Waals surface area contributed by atoms with E-state index in [1.54, 1.807) is 0 Å². The second-order valence-electron chi connectivity index (χ2n) is 4.78. The lowest BCUT2D eigenvalue weighted by Gasteiger charge is -2.26. The molecule has 1 N–H and O–H groups in total. The molecular formula is C12H25NO4S. The first-order valence-corrected chi connectivity index (χ1v) is 8.27. The molecule has 0 saturated carbocycles. The number of carboxylic acids is 1. The van der Waals surface area contributed by atoms with Gasteiger partial charge >= 0.3 is 5.97 Å². The maximum atomic E-state index is 11.6. The summed E-state index contributed by atoms with van der Waals surface area (Å²) in [5, 5.41) is 8.58. The van der Waals surface area contributed by atoms with E-state index in [0.717, 1.165) is 0 Å². The molecule has 0 radical (unpaired) electrons. The first-order chi connectivity index (χ1) is 8.28. The third kappa shape index (κ3) is 8.47. The fourth-order valence-corrected chi connectivity index (χ4v) is 3.07. The Morgan fingerprint density at radius 1 is 1.22 bits per heavy atom. The molecule has 0 rings (SSSR count). The predicted octanol–water partition coefficient (Wildman–Crippen LogP) is 1.39. The SMILES string of the molecule is CCCS(=O)(=O)CCN(CCCC(=O)O)C(C)C. The first kappa shape index (κ1) is 17.4. The average Bonchev–Trinajstić information content (AvgIpc) is 2.21. The Morgan fingerprint density at radius 2 is 1.83 bits per heavy atom. The number of carboxylic acid groups (broad SMARTS) is 1. The molecule has 0 aliphatic heterocycles. The molecule has 0 aliphatic rings. The standard InChI is InChI=1S/C12H25NO4S/c1-4-9-18(16,17)10-8-13(11(2)3)7-5-6-12(14)15/h11H,4-10H2,1-3H3,(H,14,15). The summed E-state index contributed by atoms with van der Waals surface area (Å²) in [6, 6.07) is 0.232. The molecule has 0 aromatic heterocycles. The monoisotopic (exact) mass is 279 g/mol. The lowest BCUT2D eigenvalue weighted by molar-refractivity contribution is -0.137. The minimum Gasteiger partial charge on any atom is -0.481 e. The van der Waals surface area contributed by atoms with Crippen molar-refractivity contribution in [1.82, 2.24) is 4.90 Å². The quantitative estimate of drug-likeness (QED) is 0.654. The Morgan fingerprint density at radius 3 is 2.28 bits per heavy atom. The molecule has 0 aromatic carbocycles. The third-order valence-electron chi connectivity index (χ3n) is 2.77. The van der Waals surface area contributed by atoms with Crippen LogP contribution in [0.15, 0.2) is 0 Å². The highest BCUT2D eigenvalue weighted by Crippen LogP contribution is 2.04. The highest BCUT2D eigenvalue weighted by molar-refractivity contribution is 7.91. The van der Waals surface area contributed by atoms with Crippen LogP contribution in [0.2, 0.25) is 0 Å². The van der Waals surface area contributed by atoms with E-state index in [2.05, 4.69) is 0 Å². The van der Waals surface area contributed by atoms with Crippen LogP contribution in [-0.4, -0.2) is 55.0 Å². The van der Waals surface area contributed by atoms with E-state index in [1.165, 1.54) is 0 Å². The molecule has 0 saturated heterocycles. The highest BCUT2D eigenvalue weighted by atomic mass is 32.2. The van der Waals surface area contributed by atoms with Crippen molar-refractivity contribution in [2.24, 2.45) is 0 Å². The van der Waals surface area contributed by atoms with Crippen molar-refractivity contribution in [1.29, 1.82) is 0 Å². The van der Waals surface area contributed by atoms with E-state index < -0.39 is 15.8 Å². The minimum atomic E-state index is -2.96. The summed E-state index contributed by atoms with van der Waals surface area (Å²) in [5.41, 5.74) is 0. The summed E-state index contributed by atoms with van der Waals surface area (Å²) in [7, 11) is -2.96. The third-order valence-corrected chi connectivity index (χ3v) is 4.61. The second kappa shape index (κ2) is 8.48. The van der Waals surface area contributed by atoms with Crippen LogP contribution in [0, 0.1) is 0 Å². The molecular weight excluding hydrogens is 254 g/mol. The van der Waals surface area contributed by atoms with Gasteiger partial charge in [0, 0.05) is 24.8 Å². The van der Waals surface area contributed by atoms with Crippen LogP contribution in [0.3, 0.4) is 0 Å². The van der Waals surface area contributed by atoms with Crippen molar-refractivity contribution in [3.63, 3.8) is 0 Å². The smallest absolute Gasteiger partial charge is 0.303 e. The van der Waals surface area contributed by atoms with Crippen molar-refractivity contribution in [3.05, 3.63) is 0 Å². The molecule has 0 atom stereocenters. The normalized spacial score (nSPS) is 12.3. The minimum absolute atomic E-state index is 0.130. The van der Waals surface area contributed by atoms with E-state index in [1.807, 2.05) is 25.7 Å². The van der Waals surface area contributed by atoms with Gasteiger partial charge in [-0.05, 0) is 33.2 Å². The Kier molecular flexibility index (Phi) is 8.18. The van der Waals surface area contributed by atoms with Gasteiger partial charge in [0.1, 0.15) is 0 Å². The number of hydrogen-bond acceptors (Lipinski definition) is 4. The number of hydrogen-bond donors (Lipinski definition) is 1. The van der Waals surface area contributed by atoms with Crippen molar-refractivity contribution in [2.75, 3.05) is 24.6 Å². The summed E-state index contributed by atoms with van der Waals surface area (Å²) >= 11 is 0. The molecule has 108 valence electrons. The lowest BCUT2D eigenvalue weighted by Crippen LogP contribution is -2.36. The number of carbonyl (C=O) groups is 1. The molecule has 0 amide bonds. The van der Waals surface area contributed by atoms with E-state index in [9.17, 15) is 13.2 Å². The predicted molar refractivity (Wildman–Crippen MR) is 72.5 cm³/mol. The second-order valence-corrected chi connectivity index (χ2v) is 7.08. The molecule has 0 aromatic rings. The van der Waals surface area contributed by atoms with Crippen molar-refractivity contribution in [2.45, 2.75) is 46.1 Å². The number of nitrogens with zero attached hydrogens (tertiary/aromatic N) is 1. The molecule has 0 aliphatic carbocycles. The topological polar surface area (TPSA) is 74.7 Å². The zero-order chi connectivity index (χ0) is 14.2. The van der Waals surface area contributed by atoms with Gasteiger partial charge in [0.15, 0.2) is 9.84 Å². The van der Waals surface area contributed by atoms with Crippen LogP contribution in [0.5, 0.6) is 0 Å². The maximum absolute atomic E-state index is 11.6. The molecule has 0 spiro atoms. The van der Waals surface area contributed by atoms with E-state index in [4.69, 9.17) is 5.11 Å². The Bertz CT molecular complexity index is 338. The number of aliphatic carboxylic acids is 1. The van der Waals surface area contributed by atoms with Gasteiger partial charge in [-0.3, -0.25) is 9.69 Å². The Hall–Kier alpha value is -0.620. The largest absolute Gasteiger partial charge is 0.481 e. The van der Waals surface area contributed by atoms with Crippen molar-refractivity contribution >= 4 is 15.8 Å². The highest BCUT2D eigenvalue weighted by Gasteiger charge is 2.15. The number of sulfone groups is 1. The fourth-order valence-electron chi connectivity index (χ4n) is 1.73. The van der Waals surface area contributed by atoms with Crippen LogP contribution >= 0.6 is 0 Å². The van der Waals surface area contributed by atoms with Crippen LogP contribution in [0.4, 0.5) is 0 Å².